The van der Waals surface area contributed by atoms with Crippen LogP contribution < -0.4 is 0 Å². The Morgan fingerprint density at radius 1 is 1.31 bits per heavy atom. The molecule has 0 aromatic carbocycles. The monoisotopic (exact) mass is 185 g/mol. The Kier molecular flexibility index (Phi) is 4.20. The number of hydrogen-bond donors (Lipinski definition) is 1. The first-order chi connectivity index (χ1) is 6.13. The summed E-state index contributed by atoms with van der Waals surface area (Å²) in [7, 11) is 0. The van der Waals surface area contributed by atoms with Crippen molar-refractivity contribution in [2.75, 3.05) is 13.1 Å². The van der Waals surface area contributed by atoms with Gasteiger partial charge in [0.05, 0.1) is 6.10 Å². The van der Waals surface area contributed by atoms with Crippen LogP contribution in [0.2, 0.25) is 0 Å². The highest BCUT2D eigenvalue weighted by molar-refractivity contribution is 4.85. The van der Waals surface area contributed by atoms with Gasteiger partial charge in [-0.3, -0.25) is 4.90 Å². The Balaban J connectivity index is 2.29. The van der Waals surface area contributed by atoms with Crippen molar-refractivity contribution >= 4 is 0 Å². The predicted octanol–water partition coefficient (Wildman–Crippen LogP) is 1.88. The minimum absolute atomic E-state index is 0.126. The van der Waals surface area contributed by atoms with Gasteiger partial charge >= 0.3 is 0 Å². The molecule has 13 heavy (non-hydrogen) atoms. The molecule has 1 rings (SSSR count). The largest absolute Gasteiger partial charge is 0.392 e. The average molecular weight is 185 g/mol. The van der Waals surface area contributed by atoms with Crippen LogP contribution in [0.3, 0.4) is 0 Å². The first-order valence-corrected chi connectivity index (χ1v) is 5.55. The summed E-state index contributed by atoms with van der Waals surface area (Å²) in [6, 6.07) is 0.781. The van der Waals surface area contributed by atoms with Crippen molar-refractivity contribution in [1.29, 1.82) is 0 Å². The van der Waals surface area contributed by atoms with Crippen molar-refractivity contribution in [3.63, 3.8) is 0 Å². The van der Waals surface area contributed by atoms with Gasteiger partial charge in [0, 0.05) is 19.1 Å². The van der Waals surface area contributed by atoms with Crippen molar-refractivity contribution in [1.82, 2.24) is 4.90 Å². The molecule has 1 atom stereocenters. The first kappa shape index (κ1) is 11.0. The molecule has 2 heteroatoms. The summed E-state index contributed by atoms with van der Waals surface area (Å²) < 4.78 is 0. The molecule has 2 nitrogen and oxygen atoms in total. The van der Waals surface area contributed by atoms with Gasteiger partial charge in [0.1, 0.15) is 0 Å². The molecule has 0 aromatic rings. The second-order valence-electron chi connectivity index (χ2n) is 4.64. The molecule has 78 valence electrons. The number of aliphatic hydroxyl groups excluding tert-OH is 1. The second kappa shape index (κ2) is 4.97. The molecule has 0 bridgehead atoms. The lowest BCUT2D eigenvalue weighted by molar-refractivity contribution is 0.0982. The predicted molar refractivity (Wildman–Crippen MR) is 55.7 cm³/mol. The van der Waals surface area contributed by atoms with E-state index >= 15 is 0 Å². The quantitative estimate of drug-likeness (QED) is 0.683. The van der Waals surface area contributed by atoms with E-state index in [1.165, 1.54) is 12.8 Å². The minimum Gasteiger partial charge on any atom is -0.392 e. The van der Waals surface area contributed by atoms with E-state index in [-0.39, 0.29) is 6.10 Å². The van der Waals surface area contributed by atoms with E-state index in [0.29, 0.717) is 5.92 Å². The molecule has 0 radical (unpaired) electrons. The van der Waals surface area contributed by atoms with Gasteiger partial charge in [0.25, 0.3) is 0 Å². The highest BCUT2D eigenvalue weighted by Gasteiger charge is 2.29. The molecular formula is C11H23NO. The molecule has 0 spiro atoms. The van der Waals surface area contributed by atoms with Gasteiger partial charge in [-0.25, -0.2) is 0 Å². The zero-order chi connectivity index (χ0) is 9.84. The molecule has 1 aliphatic rings. The molecular weight excluding hydrogens is 162 g/mol. The van der Waals surface area contributed by atoms with E-state index in [2.05, 4.69) is 18.7 Å². The van der Waals surface area contributed by atoms with Crippen LogP contribution in [0.4, 0.5) is 0 Å². The highest BCUT2D eigenvalue weighted by Crippen LogP contribution is 2.27. The number of rotatable bonds is 6. The van der Waals surface area contributed by atoms with Crippen LogP contribution in [0.25, 0.3) is 0 Å². The fraction of sp³-hybridized carbons (Fsp3) is 1.00. The maximum absolute atomic E-state index is 9.58. The van der Waals surface area contributed by atoms with Gasteiger partial charge in [-0.05, 0) is 25.2 Å². The normalized spacial score (nSPS) is 19.8. The lowest BCUT2D eigenvalue weighted by Crippen LogP contribution is -2.36. The Labute approximate surface area is 81.9 Å². The third kappa shape index (κ3) is 4.10. The molecule has 0 saturated heterocycles. The molecule has 1 saturated carbocycles. The zero-order valence-corrected chi connectivity index (χ0v) is 9.16. The first-order valence-electron chi connectivity index (χ1n) is 5.55. The van der Waals surface area contributed by atoms with Crippen LogP contribution in [-0.4, -0.2) is 35.2 Å². The van der Waals surface area contributed by atoms with E-state index in [1.807, 2.05) is 6.92 Å². The van der Waals surface area contributed by atoms with Crippen LogP contribution >= 0.6 is 0 Å². The van der Waals surface area contributed by atoms with Crippen molar-refractivity contribution in [2.24, 2.45) is 5.92 Å². The number of nitrogens with zero attached hydrogens (tertiary/aromatic N) is 1. The second-order valence-corrected chi connectivity index (χ2v) is 4.64. The smallest absolute Gasteiger partial charge is 0.0664 e. The van der Waals surface area contributed by atoms with Gasteiger partial charge in [-0.1, -0.05) is 20.8 Å². The standard InChI is InChI=1S/C11H23NO/c1-4-11(13)8-12(7-9(2)3)10-5-6-10/h9-11,13H,4-8H2,1-3H3. The molecule has 1 fully saturated rings. The van der Waals surface area contributed by atoms with E-state index in [9.17, 15) is 5.11 Å². The maximum Gasteiger partial charge on any atom is 0.0664 e. The van der Waals surface area contributed by atoms with Crippen LogP contribution in [0.5, 0.6) is 0 Å². The lowest BCUT2D eigenvalue weighted by atomic mass is 10.2. The molecule has 0 amide bonds. The average Bonchev–Trinajstić information content (AvgIpc) is 2.84. The van der Waals surface area contributed by atoms with Gasteiger partial charge in [0.15, 0.2) is 0 Å². The maximum atomic E-state index is 9.58. The summed E-state index contributed by atoms with van der Waals surface area (Å²) in [6.07, 6.45) is 3.42. The van der Waals surface area contributed by atoms with Crippen molar-refractivity contribution in [3.8, 4) is 0 Å². The van der Waals surface area contributed by atoms with Crippen molar-refractivity contribution in [3.05, 3.63) is 0 Å². The molecule has 1 unspecified atom stereocenters. The fourth-order valence-electron chi connectivity index (χ4n) is 1.68. The third-order valence-corrected chi connectivity index (χ3v) is 2.58. The zero-order valence-electron chi connectivity index (χ0n) is 9.16. The summed E-state index contributed by atoms with van der Waals surface area (Å²) in [5, 5.41) is 9.58. The summed E-state index contributed by atoms with van der Waals surface area (Å²) in [6.45, 7) is 8.55. The summed E-state index contributed by atoms with van der Waals surface area (Å²) in [5.74, 6) is 0.713. The lowest BCUT2D eigenvalue weighted by Gasteiger charge is -2.26. The SMILES string of the molecule is CCC(O)CN(CC(C)C)C1CC1. The Morgan fingerprint density at radius 2 is 1.92 bits per heavy atom. The van der Waals surface area contributed by atoms with Gasteiger partial charge in [-0.2, -0.15) is 0 Å². The third-order valence-electron chi connectivity index (χ3n) is 2.58. The molecule has 0 heterocycles. The molecule has 1 N–H and O–H groups in total. The van der Waals surface area contributed by atoms with Gasteiger partial charge in [-0.15, -0.1) is 0 Å². The van der Waals surface area contributed by atoms with Gasteiger partial charge in [0.2, 0.25) is 0 Å². The Hall–Kier alpha value is -0.0800. The Bertz CT molecular complexity index is 143. The van der Waals surface area contributed by atoms with Crippen molar-refractivity contribution in [2.45, 2.75) is 52.2 Å². The van der Waals surface area contributed by atoms with Gasteiger partial charge < -0.3 is 5.11 Å². The summed E-state index contributed by atoms with van der Waals surface area (Å²) >= 11 is 0. The molecule has 0 aromatic heterocycles. The number of hydrogen-bond acceptors (Lipinski definition) is 2. The van der Waals surface area contributed by atoms with E-state index in [0.717, 1.165) is 25.6 Å². The number of aliphatic hydroxyl groups is 1. The van der Waals surface area contributed by atoms with E-state index in [4.69, 9.17) is 0 Å². The van der Waals surface area contributed by atoms with Crippen LogP contribution in [0.1, 0.15) is 40.0 Å². The molecule has 1 aliphatic carbocycles. The highest BCUT2D eigenvalue weighted by atomic mass is 16.3. The van der Waals surface area contributed by atoms with E-state index in [1.54, 1.807) is 0 Å². The van der Waals surface area contributed by atoms with E-state index < -0.39 is 0 Å². The minimum atomic E-state index is -0.126. The van der Waals surface area contributed by atoms with Crippen LogP contribution in [0.15, 0.2) is 0 Å². The molecule has 0 aliphatic heterocycles. The van der Waals surface area contributed by atoms with Crippen LogP contribution in [0, 0.1) is 5.92 Å². The van der Waals surface area contributed by atoms with Crippen LogP contribution in [-0.2, 0) is 0 Å². The summed E-state index contributed by atoms with van der Waals surface area (Å²) in [4.78, 5) is 2.46. The Morgan fingerprint density at radius 3 is 2.31 bits per heavy atom. The topological polar surface area (TPSA) is 23.5 Å². The fourth-order valence-corrected chi connectivity index (χ4v) is 1.68. The van der Waals surface area contributed by atoms with Crippen molar-refractivity contribution < 1.29 is 5.11 Å². The summed E-state index contributed by atoms with van der Waals surface area (Å²) in [5.41, 5.74) is 0.